The monoisotopic (exact) mass is 329 g/mol. The molecule has 6 nitrogen and oxygen atoms in total. The van der Waals surface area contributed by atoms with E-state index in [-0.39, 0.29) is 11.8 Å². The Bertz CT molecular complexity index is 574. The number of nitrogens with zero attached hydrogens (tertiary/aromatic N) is 2. The zero-order valence-corrected chi connectivity index (χ0v) is 14.5. The third kappa shape index (κ3) is 5.70. The maximum absolute atomic E-state index is 5.03. The molecule has 2 aliphatic heterocycles. The number of aliphatic imine (C=N–C) groups is 2. The van der Waals surface area contributed by atoms with Gasteiger partial charge in [-0.3, -0.25) is 10.4 Å². The van der Waals surface area contributed by atoms with Crippen molar-refractivity contribution in [3.05, 3.63) is 48.6 Å². The second kappa shape index (κ2) is 9.72. The van der Waals surface area contributed by atoms with Gasteiger partial charge in [-0.2, -0.15) is 0 Å². The van der Waals surface area contributed by atoms with Crippen molar-refractivity contribution < 1.29 is 4.74 Å². The SMILES string of the molecule is C=C(/C=C\C(C)C1=CCC2C=NC=CN=C2NN1)NCCCOC. The van der Waals surface area contributed by atoms with Gasteiger partial charge in [-0.15, -0.1) is 0 Å². The number of nitrogens with one attached hydrogen (secondary N) is 3. The summed E-state index contributed by atoms with van der Waals surface area (Å²) in [6.07, 6.45) is 13.5. The van der Waals surface area contributed by atoms with Gasteiger partial charge in [0, 0.05) is 56.2 Å². The van der Waals surface area contributed by atoms with Crippen molar-refractivity contribution in [3.63, 3.8) is 0 Å². The highest BCUT2D eigenvalue weighted by Gasteiger charge is 2.18. The minimum absolute atomic E-state index is 0.179. The molecule has 2 rings (SSSR count). The van der Waals surface area contributed by atoms with E-state index in [2.05, 4.69) is 51.8 Å². The maximum atomic E-state index is 5.03. The molecule has 0 aliphatic carbocycles. The third-order valence-corrected chi connectivity index (χ3v) is 3.86. The van der Waals surface area contributed by atoms with E-state index >= 15 is 0 Å². The van der Waals surface area contributed by atoms with E-state index in [9.17, 15) is 0 Å². The smallest absolute Gasteiger partial charge is 0.129 e. The van der Waals surface area contributed by atoms with E-state index in [1.54, 1.807) is 19.5 Å². The average Bonchev–Trinajstić information content (AvgIpc) is 2.92. The number of fused-ring (bicyclic) bond motifs is 1. The normalized spacial score (nSPS) is 20.8. The van der Waals surface area contributed by atoms with Crippen LogP contribution in [0.3, 0.4) is 0 Å². The lowest BCUT2D eigenvalue weighted by Gasteiger charge is -2.16. The number of hydrogen-bond acceptors (Lipinski definition) is 6. The Morgan fingerprint density at radius 1 is 1.50 bits per heavy atom. The minimum Gasteiger partial charge on any atom is -0.385 e. The Kier molecular flexibility index (Phi) is 7.29. The zero-order valence-electron chi connectivity index (χ0n) is 14.5. The number of hydrazine groups is 1. The van der Waals surface area contributed by atoms with Gasteiger partial charge in [0.1, 0.15) is 5.84 Å². The predicted molar refractivity (Wildman–Crippen MR) is 99.5 cm³/mol. The number of rotatable bonds is 8. The summed E-state index contributed by atoms with van der Waals surface area (Å²) in [5.41, 5.74) is 8.48. The molecule has 3 N–H and O–H groups in total. The highest BCUT2D eigenvalue weighted by molar-refractivity contribution is 5.98. The molecule has 2 atom stereocenters. The van der Waals surface area contributed by atoms with Crippen LogP contribution in [0.1, 0.15) is 19.8 Å². The van der Waals surface area contributed by atoms with Crippen LogP contribution < -0.4 is 16.2 Å². The Labute approximate surface area is 144 Å². The van der Waals surface area contributed by atoms with Crippen molar-refractivity contribution in [2.45, 2.75) is 19.8 Å². The fourth-order valence-corrected chi connectivity index (χ4v) is 2.40. The molecule has 0 aromatic rings. The van der Waals surface area contributed by atoms with Gasteiger partial charge in [0.25, 0.3) is 0 Å². The molecule has 2 heterocycles. The van der Waals surface area contributed by atoms with Crippen LogP contribution in [-0.2, 0) is 4.74 Å². The van der Waals surface area contributed by atoms with Crippen LogP contribution in [0.25, 0.3) is 0 Å². The zero-order chi connectivity index (χ0) is 17.2. The molecule has 6 heteroatoms. The first kappa shape index (κ1) is 18.0. The molecule has 0 fully saturated rings. The van der Waals surface area contributed by atoms with Crippen LogP contribution in [0.15, 0.2) is 58.6 Å². The summed E-state index contributed by atoms with van der Waals surface area (Å²) < 4.78 is 5.03. The summed E-state index contributed by atoms with van der Waals surface area (Å²) in [5, 5.41) is 3.27. The molecular weight excluding hydrogens is 302 g/mol. The first-order valence-electron chi connectivity index (χ1n) is 8.28. The fraction of sp³-hybridized carbons (Fsp3) is 0.444. The van der Waals surface area contributed by atoms with Crippen LogP contribution in [-0.4, -0.2) is 32.3 Å². The van der Waals surface area contributed by atoms with Gasteiger partial charge in [-0.1, -0.05) is 25.7 Å². The maximum Gasteiger partial charge on any atom is 0.129 e. The topological polar surface area (TPSA) is 70.0 Å². The summed E-state index contributed by atoms with van der Waals surface area (Å²) in [4.78, 5) is 8.58. The standard InChI is InChI=1S/C18H27N5O/c1-14(5-6-15(2)20-9-4-12-24-3)17-8-7-16-13-19-10-11-21-18(16)23-22-17/h5-6,8,10-11,13-14,16,20,22H,2,4,7,9,12H2,1,3H3,(H,21,23)/b6-5-. The van der Waals surface area contributed by atoms with Crippen molar-refractivity contribution in [3.8, 4) is 0 Å². The van der Waals surface area contributed by atoms with Crippen molar-refractivity contribution in [2.75, 3.05) is 20.3 Å². The van der Waals surface area contributed by atoms with E-state index in [1.165, 1.54) is 0 Å². The summed E-state index contributed by atoms with van der Waals surface area (Å²) >= 11 is 0. The Balaban J connectivity index is 1.85. The Morgan fingerprint density at radius 3 is 3.21 bits per heavy atom. The molecular formula is C18H27N5O. The van der Waals surface area contributed by atoms with E-state index in [1.807, 2.05) is 12.3 Å². The largest absolute Gasteiger partial charge is 0.385 e. The lowest BCUT2D eigenvalue weighted by Crippen LogP contribution is -2.40. The highest BCUT2D eigenvalue weighted by atomic mass is 16.5. The lowest BCUT2D eigenvalue weighted by atomic mass is 10.0. The van der Waals surface area contributed by atoms with E-state index in [0.29, 0.717) is 0 Å². The number of allylic oxidation sites excluding steroid dienone is 3. The van der Waals surface area contributed by atoms with Crippen LogP contribution >= 0.6 is 0 Å². The molecule has 0 aromatic heterocycles. The van der Waals surface area contributed by atoms with Gasteiger partial charge < -0.3 is 15.5 Å². The number of amidine groups is 1. The van der Waals surface area contributed by atoms with Gasteiger partial charge in [-0.05, 0) is 18.9 Å². The van der Waals surface area contributed by atoms with Crippen LogP contribution in [0.4, 0.5) is 0 Å². The van der Waals surface area contributed by atoms with Crippen molar-refractivity contribution >= 4 is 12.1 Å². The van der Waals surface area contributed by atoms with Gasteiger partial charge in [0.05, 0.1) is 5.92 Å². The first-order chi connectivity index (χ1) is 11.7. The molecule has 130 valence electrons. The van der Waals surface area contributed by atoms with Gasteiger partial charge in [-0.25, -0.2) is 4.99 Å². The van der Waals surface area contributed by atoms with Crippen LogP contribution in [0, 0.1) is 11.8 Å². The van der Waals surface area contributed by atoms with Crippen molar-refractivity contribution in [2.24, 2.45) is 21.8 Å². The second-order valence-corrected chi connectivity index (χ2v) is 5.81. The fourth-order valence-electron chi connectivity index (χ4n) is 2.40. The number of hydrogen-bond donors (Lipinski definition) is 3. The predicted octanol–water partition coefficient (Wildman–Crippen LogP) is 2.27. The number of ether oxygens (including phenoxy) is 1. The second-order valence-electron chi connectivity index (χ2n) is 5.81. The summed E-state index contributed by atoms with van der Waals surface area (Å²) in [6.45, 7) is 7.78. The quantitative estimate of drug-likeness (QED) is 0.472. The van der Waals surface area contributed by atoms with E-state index in [4.69, 9.17) is 4.74 Å². The average molecular weight is 329 g/mol. The van der Waals surface area contributed by atoms with E-state index in [0.717, 1.165) is 43.2 Å². The summed E-state index contributed by atoms with van der Waals surface area (Å²) in [5.74, 6) is 1.31. The minimum atomic E-state index is 0.179. The van der Waals surface area contributed by atoms with Crippen molar-refractivity contribution in [1.29, 1.82) is 0 Å². The van der Waals surface area contributed by atoms with Crippen molar-refractivity contribution in [1.82, 2.24) is 16.2 Å². The molecule has 0 amide bonds. The molecule has 24 heavy (non-hydrogen) atoms. The van der Waals surface area contributed by atoms with Gasteiger partial charge in [0.2, 0.25) is 0 Å². The molecule has 2 aliphatic rings. The van der Waals surface area contributed by atoms with E-state index < -0.39 is 0 Å². The molecule has 2 unspecified atom stereocenters. The Morgan fingerprint density at radius 2 is 2.38 bits per heavy atom. The molecule has 0 aromatic carbocycles. The summed E-state index contributed by atoms with van der Waals surface area (Å²) in [6, 6.07) is 0. The van der Waals surface area contributed by atoms with Gasteiger partial charge in [0.15, 0.2) is 0 Å². The molecule has 0 bridgehead atoms. The van der Waals surface area contributed by atoms with Gasteiger partial charge >= 0.3 is 0 Å². The number of methoxy groups -OCH3 is 1. The lowest BCUT2D eigenvalue weighted by molar-refractivity contribution is 0.195. The van der Waals surface area contributed by atoms with Crippen LogP contribution in [0.5, 0.6) is 0 Å². The molecule has 0 radical (unpaired) electrons. The molecule has 0 spiro atoms. The Hall–Kier alpha value is -2.34. The highest BCUT2D eigenvalue weighted by Crippen LogP contribution is 2.16. The summed E-state index contributed by atoms with van der Waals surface area (Å²) in [7, 11) is 1.71. The first-order valence-corrected chi connectivity index (χ1v) is 8.28. The third-order valence-electron chi connectivity index (χ3n) is 3.86. The molecule has 0 saturated heterocycles. The molecule has 0 saturated carbocycles. The van der Waals surface area contributed by atoms with Crippen LogP contribution in [0.2, 0.25) is 0 Å².